The van der Waals surface area contributed by atoms with Crippen LogP contribution in [0.4, 0.5) is 8.78 Å². The van der Waals surface area contributed by atoms with Crippen molar-refractivity contribution >= 4 is 0 Å². The average molecular weight is 284 g/mol. The normalized spacial score (nSPS) is 14.9. The van der Waals surface area contributed by atoms with Crippen LogP contribution in [-0.2, 0) is 0 Å². The van der Waals surface area contributed by atoms with Gasteiger partial charge in [0.05, 0.1) is 0 Å². The summed E-state index contributed by atoms with van der Waals surface area (Å²) in [5.41, 5.74) is 6.75. The molecule has 0 radical (unpaired) electrons. The van der Waals surface area contributed by atoms with Crippen molar-refractivity contribution in [2.45, 2.75) is 46.2 Å². The molecule has 0 bridgehead atoms. The van der Waals surface area contributed by atoms with Gasteiger partial charge in [0.1, 0.15) is 11.6 Å². The molecule has 0 aliphatic heterocycles. The second-order valence-electron chi connectivity index (χ2n) is 5.98. The van der Waals surface area contributed by atoms with Gasteiger partial charge in [-0.25, -0.2) is 8.78 Å². The minimum Gasteiger partial charge on any atom is -0.327 e. The molecule has 0 aromatic heterocycles. The van der Waals surface area contributed by atoms with Crippen molar-refractivity contribution in [3.05, 3.63) is 34.9 Å². The second kappa shape index (κ2) is 7.14. The lowest BCUT2D eigenvalue weighted by Gasteiger charge is -2.27. The number of nitrogens with two attached hydrogens (primary N) is 1. The fourth-order valence-electron chi connectivity index (χ4n) is 2.10. The second-order valence-corrected chi connectivity index (χ2v) is 5.98. The van der Waals surface area contributed by atoms with Crippen molar-refractivity contribution in [2.24, 2.45) is 11.7 Å². The van der Waals surface area contributed by atoms with Gasteiger partial charge < -0.3 is 5.73 Å². The molecule has 0 amide bonds. The number of halogens is 2. The zero-order valence-electron chi connectivity index (χ0n) is 13.1. The Bertz CT molecular complexity index is 446. The first-order valence-electron chi connectivity index (χ1n) is 7.15. The summed E-state index contributed by atoms with van der Waals surface area (Å²) in [5.74, 6) is -0.288. The zero-order valence-corrected chi connectivity index (χ0v) is 13.1. The minimum absolute atomic E-state index is 0.129. The highest BCUT2D eigenvalue weighted by Crippen LogP contribution is 2.24. The maximum atomic E-state index is 14.0. The molecule has 0 saturated carbocycles. The van der Waals surface area contributed by atoms with Crippen LogP contribution in [0.1, 0.15) is 44.4 Å². The predicted octanol–water partition coefficient (Wildman–Crippen LogP) is 3.64. The molecule has 1 aromatic rings. The number of rotatable bonds is 6. The van der Waals surface area contributed by atoms with Gasteiger partial charge in [-0.3, -0.25) is 4.90 Å². The van der Waals surface area contributed by atoms with E-state index in [-0.39, 0.29) is 23.7 Å². The van der Waals surface area contributed by atoms with Gasteiger partial charge in [-0.05, 0) is 57.5 Å². The monoisotopic (exact) mass is 284 g/mol. The van der Waals surface area contributed by atoms with Crippen LogP contribution in [0.5, 0.6) is 0 Å². The van der Waals surface area contributed by atoms with Crippen molar-refractivity contribution in [3.63, 3.8) is 0 Å². The number of hydrogen-bond donors (Lipinski definition) is 1. The van der Waals surface area contributed by atoms with Crippen LogP contribution >= 0.6 is 0 Å². The third kappa shape index (κ3) is 4.25. The lowest BCUT2D eigenvalue weighted by atomic mass is 10.0. The molecule has 0 saturated heterocycles. The van der Waals surface area contributed by atoms with E-state index >= 15 is 0 Å². The Morgan fingerprint density at radius 1 is 1.15 bits per heavy atom. The SMILES string of the molecule is Cc1cc(F)c(C(C)N(C)CCC(N)C(C)C)cc1F. The highest BCUT2D eigenvalue weighted by Gasteiger charge is 2.18. The molecule has 1 aromatic carbocycles. The summed E-state index contributed by atoms with van der Waals surface area (Å²) >= 11 is 0. The molecule has 20 heavy (non-hydrogen) atoms. The lowest BCUT2D eigenvalue weighted by molar-refractivity contribution is 0.238. The molecule has 2 unspecified atom stereocenters. The Morgan fingerprint density at radius 3 is 2.30 bits per heavy atom. The molecule has 2 N–H and O–H groups in total. The molecule has 4 heteroatoms. The molecular formula is C16H26F2N2. The Labute approximate surface area is 121 Å². The van der Waals surface area contributed by atoms with Gasteiger partial charge in [-0.2, -0.15) is 0 Å². The van der Waals surface area contributed by atoms with Gasteiger partial charge in [0.15, 0.2) is 0 Å². The summed E-state index contributed by atoms with van der Waals surface area (Å²) in [6.45, 7) is 8.38. The Kier molecular flexibility index (Phi) is 6.08. The number of hydrogen-bond acceptors (Lipinski definition) is 2. The first-order chi connectivity index (χ1) is 9.23. The van der Waals surface area contributed by atoms with E-state index in [1.165, 1.54) is 12.1 Å². The minimum atomic E-state index is -0.361. The highest BCUT2D eigenvalue weighted by molar-refractivity contribution is 5.27. The van der Waals surface area contributed by atoms with Crippen molar-refractivity contribution < 1.29 is 8.78 Å². The Balaban J connectivity index is 2.74. The van der Waals surface area contributed by atoms with E-state index in [2.05, 4.69) is 13.8 Å². The molecule has 2 nitrogen and oxygen atoms in total. The molecule has 0 heterocycles. The summed E-state index contributed by atoms with van der Waals surface area (Å²) in [6.07, 6.45) is 0.842. The van der Waals surface area contributed by atoms with Gasteiger partial charge >= 0.3 is 0 Å². The van der Waals surface area contributed by atoms with E-state index in [1.807, 2.05) is 18.9 Å². The Hall–Kier alpha value is -1.00. The largest absolute Gasteiger partial charge is 0.327 e. The summed E-state index contributed by atoms with van der Waals surface area (Å²) < 4.78 is 27.5. The molecule has 0 aliphatic carbocycles. The molecule has 1 rings (SSSR count). The van der Waals surface area contributed by atoms with Crippen molar-refractivity contribution in [1.82, 2.24) is 4.90 Å². The van der Waals surface area contributed by atoms with E-state index in [9.17, 15) is 8.78 Å². The molecule has 0 fully saturated rings. The van der Waals surface area contributed by atoms with E-state index in [0.29, 0.717) is 17.0 Å². The topological polar surface area (TPSA) is 29.3 Å². The van der Waals surface area contributed by atoms with Crippen LogP contribution in [0, 0.1) is 24.5 Å². The van der Waals surface area contributed by atoms with Gasteiger partial charge in [0.2, 0.25) is 0 Å². The zero-order chi connectivity index (χ0) is 15.4. The average Bonchev–Trinajstić information content (AvgIpc) is 2.38. The molecule has 0 aliphatic rings. The van der Waals surface area contributed by atoms with Crippen LogP contribution in [0.15, 0.2) is 12.1 Å². The number of aryl methyl sites for hydroxylation is 1. The summed E-state index contributed by atoms with van der Waals surface area (Å²) in [7, 11) is 1.91. The fraction of sp³-hybridized carbons (Fsp3) is 0.625. The van der Waals surface area contributed by atoms with Gasteiger partial charge in [0.25, 0.3) is 0 Å². The summed E-state index contributed by atoms with van der Waals surface area (Å²) in [5, 5.41) is 0. The van der Waals surface area contributed by atoms with E-state index in [4.69, 9.17) is 5.73 Å². The van der Waals surface area contributed by atoms with Crippen LogP contribution < -0.4 is 5.73 Å². The first kappa shape index (κ1) is 17.1. The van der Waals surface area contributed by atoms with Gasteiger partial charge in [0, 0.05) is 17.6 Å². The Morgan fingerprint density at radius 2 is 1.75 bits per heavy atom. The molecule has 2 atom stereocenters. The maximum Gasteiger partial charge on any atom is 0.128 e. The highest BCUT2D eigenvalue weighted by atomic mass is 19.1. The quantitative estimate of drug-likeness (QED) is 0.864. The van der Waals surface area contributed by atoms with Crippen LogP contribution in [-0.4, -0.2) is 24.5 Å². The third-order valence-electron chi connectivity index (χ3n) is 4.06. The van der Waals surface area contributed by atoms with Crippen LogP contribution in [0.3, 0.4) is 0 Å². The smallest absolute Gasteiger partial charge is 0.128 e. The molecule has 0 spiro atoms. The van der Waals surface area contributed by atoms with Crippen molar-refractivity contribution in [2.75, 3.05) is 13.6 Å². The third-order valence-corrected chi connectivity index (χ3v) is 4.06. The van der Waals surface area contributed by atoms with E-state index < -0.39 is 0 Å². The van der Waals surface area contributed by atoms with E-state index in [1.54, 1.807) is 6.92 Å². The maximum absolute atomic E-state index is 14.0. The summed E-state index contributed by atoms with van der Waals surface area (Å²) in [4.78, 5) is 2.01. The molecule has 114 valence electrons. The van der Waals surface area contributed by atoms with Crippen molar-refractivity contribution in [3.8, 4) is 0 Å². The van der Waals surface area contributed by atoms with E-state index in [0.717, 1.165) is 13.0 Å². The van der Waals surface area contributed by atoms with Gasteiger partial charge in [-0.1, -0.05) is 13.8 Å². The van der Waals surface area contributed by atoms with Crippen LogP contribution in [0.25, 0.3) is 0 Å². The first-order valence-corrected chi connectivity index (χ1v) is 7.15. The standard InChI is InChI=1S/C16H26F2N2/c1-10(2)16(19)6-7-20(5)12(4)13-9-14(17)11(3)8-15(13)18/h8-10,12,16H,6-7,19H2,1-5H3. The van der Waals surface area contributed by atoms with Crippen molar-refractivity contribution in [1.29, 1.82) is 0 Å². The van der Waals surface area contributed by atoms with Crippen LogP contribution in [0.2, 0.25) is 0 Å². The van der Waals surface area contributed by atoms with Gasteiger partial charge in [-0.15, -0.1) is 0 Å². The predicted molar refractivity (Wildman–Crippen MR) is 79.6 cm³/mol. The fourth-order valence-corrected chi connectivity index (χ4v) is 2.10. The summed E-state index contributed by atoms with van der Waals surface area (Å²) in [6, 6.07) is 2.51. The lowest BCUT2D eigenvalue weighted by Crippen LogP contribution is -2.33. The molecular weight excluding hydrogens is 258 g/mol. The number of benzene rings is 1. The number of nitrogens with zero attached hydrogens (tertiary/aromatic N) is 1.